The molecule has 1 N–H and O–H groups in total. The van der Waals surface area contributed by atoms with Crippen LogP contribution in [0.5, 0.6) is 11.5 Å². The van der Waals surface area contributed by atoms with Gasteiger partial charge in [-0.15, -0.1) is 0 Å². The summed E-state index contributed by atoms with van der Waals surface area (Å²) >= 11 is 0. The number of hydrogen-bond acceptors (Lipinski definition) is 4. The van der Waals surface area contributed by atoms with Gasteiger partial charge in [-0.3, -0.25) is 4.79 Å². The maximum atomic E-state index is 12.3. The van der Waals surface area contributed by atoms with Gasteiger partial charge in [-0.25, -0.2) is 4.98 Å². The predicted molar refractivity (Wildman–Crippen MR) is 134 cm³/mol. The van der Waals surface area contributed by atoms with E-state index in [1.807, 2.05) is 73.7 Å². The van der Waals surface area contributed by atoms with Gasteiger partial charge in [0.05, 0.1) is 31.1 Å². The molecule has 3 aromatic carbocycles. The van der Waals surface area contributed by atoms with Gasteiger partial charge in [0, 0.05) is 13.0 Å². The van der Waals surface area contributed by atoms with Crippen LogP contribution in [0.3, 0.4) is 0 Å². The molecule has 4 rings (SSSR count). The molecule has 1 aromatic heterocycles. The Bertz CT molecular complexity index is 1230. The van der Waals surface area contributed by atoms with Gasteiger partial charge < -0.3 is 19.4 Å². The number of amides is 1. The van der Waals surface area contributed by atoms with E-state index in [1.165, 1.54) is 0 Å². The molecule has 0 saturated carbocycles. The number of methoxy groups -OCH3 is 1. The Hall–Kier alpha value is -3.80. The number of carbonyl (C=O) groups excluding carboxylic acids is 1. The first-order valence-electron chi connectivity index (χ1n) is 11.7. The molecule has 0 unspecified atom stereocenters. The summed E-state index contributed by atoms with van der Waals surface area (Å²) in [6.07, 6.45) is 2.01. The van der Waals surface area contributed by atoms with Crippen LogP contribution in [-0.4, -0.2) is 35.7 Å². The van der Waals surface area contributed by atoms with E-state index < -0.39 is 0 Å². The zero-order valence-corrected chi connectivity index (χ0v) is 19.8. The van der Waals surface area contributed by atoms with Crippen LogP contribution < -0.4 is 14.8 Å². The molecule has 0 saturated heterocycles. The molecular weight excluding hydrogens is 426 g/mol. The Morgan fingerprint density at radius 1 is 0.971 bits per heavy atom. The van der Waals surface area contributed by atoms with Crippen molar-refractivity contribution >= 4 is 16.9 Å². The second kappa shape index (κ2) is 11.4. The van der Waals surface area contributed by atoms with Gasteiger partial charge >= 0.3 is 0 Å². The molecule has 0 aliphatic rings. The van der Waals surface area contributed by atoms with Crippen LogP contribution in [0.2, 0.25) is 0 Å². The molecule has 34 heavy (non-hydrogen) atoms. The number of aryl methyl sites for hydroxylation is 2. The highest BCUT2D eigenvalue weighted by atomic mass is 16.5. The van der Waals surface area contributed by atoms with Crippen LogP contribution in [0.25, 0.3) is 11.0 Å². The SMILES string of the molecule is COc1ccc(OCCn2c(CCCNC(=O)Cc3ccccc3C)nc3ccccc32)cc1. The van der Waals surface area contributed by atoms with Crippen LogP contribution in [0.4, 0.5) is 0 Å². The Kier molecular flexibility index (Phi) is 7.81. The summed E-state index contributed by atoms with van der Waals surface area (Å²) in [7, 11) is 1.65. The minimum atomic E-state index is 0.0516. The van der Waals surface area contributed by atoms with Crippen LogP contribution in [0, 0.1) is 6.92 Å². The van der Waals surface area contributed by atoms with E-state index in [0.29, 0.717) is 26.1 Å². The van der Waals surface area contributed by atoms with Crippen molar-refractivity contribution in [2.45, 2.75) is 32.7 Å². The summed E-state index contributed by atoms with van der Waals surface area (Å²) < 4.78 is 13.4. The summed E-state index contributed by atoms with van der Waals surface area (Å²) in [6, 6.07) is 23.7. The van der Waals surface area contributed by atoms with Crippen LogP contribution in [0.15, 0.2) is 72.8 Å². The monoisotopic (exact) mass is 457 g/mol. The Morgan fingerprint density at radius 2 is 1.71 bits per heavy atom. The fourth-order valence-electron chi connectivity index (χ4n) is 4.01. The Morgan fingerprint density at radius 3 is 2.50 bits per heavy atom. The van der Waals surface area contributed by atoms with E-state index in [-0.39, 0.29) is 5.91 Å². The van der Waals surface area contributed by atoms with Crippen molar-refractivity contribution < 1.29 is 14.3 Å². The smallest absolute Gasteiger partial charge is 0.224 e. The van der Waals surface area contributed by atoms with Crippen molar-refractivity contribution in [3.63, 3.8) is 0 Å². The number of nitrogens with zero attached hydrogens (tertiary/aromatic N) is 2. The summed E-state index contributed by atoms with van der Waals surface area (Å²) in [5.74, 6) is 2.67. The highest BCUT2D eigenvalue weighted by Gasteiger charge is 2.11. The highest BCUT2D eigenvalue weighted by molar-refractivity contribution is 5.79. The number of benzene rings is 3. The number of carbonyl (C=O) groups is 1. The van der Waals surface area contributed by atoms with E-state index in [1.54, 1.807) is 7.11 Å². The van der Waals surface area contributed by atoms with Crippen molar-refractivity contribution in [3.05, 3.63) is 89.7 Å². The Labute approximate surface area is 200 Å². The predicted octanol–water partition coefficient (Wildman–Crippen LogP) is 4.72. The molecule has 0 radical (unpaired) electrons. The van der Waals surface area contributed by atoms with Gasteiger partial charge in [-0.2, -0.15) is 0 Å². The van der Waals surface area contributed by atoms with E-state index in [2.05, 4.69) is 16.0 Å². The van der Waals surface area contributed by atoms with Crippen LogP contribution in [-0.2, 0) is 24.2 Å². The van der Waals surface area contributed by atoms with Gasteiger partial charge in [0.15, 0.2) is 0 Å². The normalized spacial score (nSPS) is 10.9. The lowest BCUT2D eigenvalue weighted by molar-refractivity contribution is -0.120. The van der Waals surface area contributed by atoms with E-state index >= 15 is 0 Å². The van der Waals surface area contributed by atoms with Crippen molar-refractivity contribution in [2.24, 2.45) is 0 Å². The molecule has 6 nitrogen and oxygen atoms in total. The fourth-order valence-corrected chi connectivity index (χ4v) is 4.01. The number of rotatable bonds is 11. The second-order valence-corrected chi connectivity index (χ2v) is 8.25. The third kappa shape index (κ3) is 5.95. The lowest BCUT2D eigenvalue weighted by atomic mass is 10.1. The van der Waals surface area contributed by atoms with E-state index in [9.17, 15) is 4.79 Å². The topological polar surface area (TPSA) is 65.4 Å². The molecule has 0 bridgehead atoms. The molecule has 0 aliphatic heterocycles. The second-order valence-electron chi connectivity index (χ2n) is 8.25. The average molecular weight is 458 g/mol. The summed E-state index contributed by atoms with van der Waals surface area (Å²) in [6.45, 7) is 3.89. The molecule has 0 spiro atoms. The standard InChI is InChI=1S/C28H31N3O3/c1-21-8-3-4-9-22(21)20-28(32)29-17-7-12-27-30-25-10-5-6-11-26(25)31(27)18-19-34-24-15-13-23(33-2)14-16-24/h3-6,8-11,13-16H,7,12,17-20H2,1-2H3,(H,29,32). The minimum absolute atomic E-state index is 0.0516. The number of aromatic nitrogens is 2. The number of nitrogens with one attached hydrogen (secondary N) is 1. The van der Waals surface area contributed by atoms with Crippen molar-refractivity contribution in [1.29, 1.82) is 0 Å². The van der Waals surface area contributed by atoms with Crippen molar-refractivity contribution in [3.8, 4) is 11.5 Å². The quantitative estimate of drug-likeness (QED) is 0.331. The van der Waals surface area contributed by atoms with Crippen LogP contribution >= 0.6 is 0 Å². The van der Waals surface area contributed by atoms with Crippen LogP contribution in [0.1, 0.15) is 23.4 Å². The first-order chi connectivity index (χ1) is 16.6. The summed E-state index contributed by atoms with van der Waals surface area (Å²) in [4.78, 5) is 17.2. The average Bonchev–Trinajstić information content (AvgIpc) is 3.21. The third-order valence-electron chi connectivity index (χ3n) is 5.89. The summed E-state index contributed by atoms with van der Waals surface area (Å²) in [5.41, 5.74) is 4.28. The van der Waals surface area contributed by atoms with Gasteiger partial charge in [0.2, 0.25) is 5.91 Å². The number of ether oxygens (including phenoxy) is 2. The number of imidazole rings is 1. The molecule has 4 aromatic rings. The first kappa shape index (κ1) is 23.4. The van der Waals surface area contributed by atoms with E-state index in [4.69, 9.17) is 14.5 Å². The highest BCUT2D eigenvalue weighted by Crippen LogP contribution is 2.19. The molecule has 0 fully saturated rings. The van der Waals surface area contributed by atoms with E-state index in [0.717, 1.165) is 52.3 Å². The molecule has 1 amide bonds. The molecule has 1 heterocycles. The van der Waals surface area contributed by atoms with Gasteiger partial charge in [0.1, 0.15) is 23.9 Å². The summed E-state index contributed by atoms with van der Waals surface area (Å²) in [5, 5.41) is 3.04. The maximum absolute atomic E-state index is 12.3. The lowest BCUT2D eigenvalue weighted by Crippen LogP contribution is -2.26. The fraction of sp³-hybridized carbons (Fsp3) is 0.286. The lowest BCUT2D eigenvalue weighted by Gasteiger charge is -2.12. The molecule has 0 atom stereocenters. The zero-order chi connectivity index (χ0) is 23.8. The van der Waals surface area contributed by atoms with Gasteiger partial charge in [0.25, 0.3) is 0 Å². The number of hydrogen-bond donors (Lipinski definition) is 1. The van der Waals surface area contributed by atoms with Gasteiger partial charge in [-0.1, -0.05) is 36.4 Å². The maximum Gasteiger partial charge on any atom is 0.224 e. The van der Waals surface area contributed by atoms with Gasteiger partial charge in [-0.05, 0) is 60.9 Å². The minimum Gasteiger partial charge on any atom is -0.497 e. The first-order valence-corrected chi connectivity index (χ1v) is 11.7. The molecule has 0 aliphatic carbocycles. The third-order valence-corrected chi connectivity index (χ3v) is 5.89. The zero-order valence-electron chi connectivity index (χ0n) is 19.8. The molecule has 176 valence electrons. The largest absolute Gasteiger partial charge is 0.497 e. The Balaban J connectivity index is 1.32. The van der Waals surface area contributed by atoms with Crippen molar-refractivity contribution in [1.82, 2.24) is 14.9 Å². The molecule has 6 heteroatoms. The van der Waals surface area contributed by atoms with Crippen molar-refractivity contribution in [2.75, 3.05) is 20.3 Å². The number of para-hydroxylation sites is 2. The molecular formula is C28H31N3O3. The number of fused-ring (bicyclic) bond motifs is 1.